The van der Waals surface area contributed by atoms with Crippen molar-refractivity contribution < 1.29 is 13.2 Å². The van der Waals surface area contributed by atoms with Crippen molar-refractivity contribution in [1.29, 1.82) is 0 Å². The highest BCUT2D eigenvalue weighted by atomic mass is 32.1. The van der Waals surface area contributed by atoms with Crippen LogP contribution in [0.2, 0.25) is 0 Å². The summed E-state index contributed by atoms with van der Waals surface area (Å²) in [5.74, 6) is 0.769. The van der Waals surface area contributed by atoms with E-state index in [4.69, 9.17) is 0 Å². The number of rotatable bonds is 2. The van der Waals surface area contributed by atoms with E-state index in [1.807, 2.05) is 4.90 Å². The Bertz CT molecular complexity index is 594. The van der Waals surface area contributed by atoms with Crippen LogP contribution < -0.4 is 9.80 Å². The molecule has 21 heavy (non-hydrogen) atoms. The normalized spacial score (nSPS) is 16.3. The molecule has 0 bridgehead atoms. The number of anilines is 2. The molecule has 3 heterocycles. The van der Waals surface area contributed by atoms with Gasteiger partial charge in [-0.2, -0.15) is 13.2 Å². The highest BCUT2D eigenvalue weighted by Gasteiger charge is 2.36. The van der Waals surface area contributed by atoms with E-state index in [-0.39, 0.29) is 0 Å². The van der Waals surface area contributed by atoms with Gasteiger partial charge in [0.25, 0.3) is 0 Å². The summed E-state index contributed by atoms with van der Waals surface area (Å²) < 4.78 is 37.6. The predicted octanol–water partition coefficient (Wildman–Crippen LogP) is 1.67. The largest absolute Gasteiger partial charge is 0.445 e. The number of piperazine rings is 1. The highest BCUT2D eigenvalue weighted by Crippen LogP contribution is 2.34. The van der Waals surface area contributed by atoms with Crippen LogP contribution in [-0.4, -0.2) is 46.3 Å². The van der Waals surface area contributed by atoms with Crippen LogP contribution in [0, 0.1) is 0 Å². The monoisotopic (exact) mass is 316 g/mol. The third-order valence-electron chi connectivity index (χ3n) is 3.08. The first-order valence-corrected chi connectivity index (χ1v) is 7.02. The van der Waals surface area contributed by atoms with Gasteiger partial charge in [-0.15, -0.1) is 10.2 Å². The number of aromatic nitrogens is 4. The van der Waals surface area contributed by atoms with Crippen LogP contribution in [0.5, 0.6) is 0 Å². The van der Waals surface area contributed by atoms with Crippen molar-refractivity contribution in [2.45, 2.75) is 6.18 Å². The minimum atomic E-state index is -4.43. The minimum Gasteiger partial charge on any atom is -0.352 e. The van der Waals surface area contributed by atoms with Crippen molar-refractivity contribution in [3.8, 4) is 0 Å². The number of halogens is 3. The van der Waals surface area contributed by atoms with E-state index in [1.165, 1.54) is 0 Å². The third-order valence-corrected chi connectivity index (χ3v) is 4.11. The van der Waals surface area contributed by atoms with E-state index < -0.39 is 11.2 Å². The molecular weight excluding hydrogens is 305 g/mol. The molecule has 0 N–H and O–H groups in total. The topological polar surface area (TPSA) is 58.0 Å². The van der Waals surface area contributed by atoms with Crippen molar-refractivity contribution in [1.82, 2.24) is 20.2 Å². The van der Waals surface area contributed by atoms with Crippen LogP contribution in [-0.2, 0) is 6.18 Å². The molecule has 0 amide bonds. The second-order valence-corrected chi connectivity index (χ2v) is 5.38. The first kappa shape index (κ1) is 14.0. The Morgan fingerprint density at radius 2 is 1.71 bits per heavy atom. The minimum absolute atomic E-state index is 0.307. The van der Waals surface area contributed by atoms with Gasteiger partial charge in [-0.05, 0) is 0 Å². The molecule has 0 spiro atoms. The molecule has 0 radical (unpaired) electrons. The van der Waals surface area contributed by atoms with Crippen LogP contribution in [0.3, 0.4) is 0 Å². The molecular formula is C11H11F3N6S. The van der Waals surface area contributed by atoms with E-state index in [1.54, 1.807) is 23.5 Å². The van der Waals surface area contributed by atoms with Gasteiger partial charge in [-0.1, -0.05) is 11.3 Å². The Labute approximate surface area is 122 Å². The summed E-state index contributed by atoms with van der Waals surface area (Å²) in [7, 11) is 0. The SMILES string of the molecule is FC(F)(F)c1nnc(N2CCN(c3cnccn3)CC2)s1. The van der Waals surface area contributed by atoms with Gasteiger partial charge in [0, 0.05) is 38.6 Å². The zero-order chi connectivity index (χ0) is 14.9. The van der Waals surface area contributed by atoms with Crippen LogP contribution in [0.4, 0.5) is 24.1 Å². The summed E-state index contributed by atoms with van der Waals surface area (Å²) in [4.78, 5) is 12.1. The smallest absolute Gasteiger partial charge is 0.352 e. The molecule has 112 valence electrons. The van der Waals surface area contributed by atoms with E-state index in [9.17, 15) is 13.2 Å². The maximum atomic E-state index is 12.5. The van der Waals surface area contributed by atoms with Crippen LogP contribution in [0.1, 0.15) is 5.01 Å². The number of alkyl halides is 3. The lowest BCUT2D eigenvalue weighted by Gasteiger charge is -2.34. The Kier molecular flexibility index (Phi) is 3.62. The number of hydrogen-bond donors (Lipinski definition) is 0. The summed E-state index contributed by atoms with van der Waals surface area (Å²) in [6.45, 7) is 2.45. The fraction of sp³-hybridized carbons (Fsp3) is 0.455. The van der Waals surface area contributed by atoms with Crippen molar-refractivity contribution in [3.05, 3.63) is 23.6 Å². The predicted molar refractivity (Wildman–Crippen MR) is 71.4 cm³/mol. The van der Waals surface area contributed by atoms with Crippen molar-refractivity contribution in [3.63, 3.8) is 0 Å². The van der Waals surface area contributed by atoms with Gasteiger partial charge in [-0.3, -0.25) is 4.98 Å². The second kappa shape index (κ2) is 5.43. The highest BCUT2D eigenvalue weighted by molar-refractivity contribution is 7.15. The standard InChI is InChI=1S/C11H11F3N6S/c12-11(13,14)9-17-18-10(21-9)20-5-3-19(4-6-20)8-7-15-1-2-16-8/h1-2,7H,3-6H2. The molecule has 6 nitrogen and oxygen atoms in total. The number of hydrogen-bond acceptors (Lipinski definition) is 7. The summed E-state index contributed by atoms with van der Waals surface area (Å²) in [6, 6.07) is 0. The van der Waals surface area contributed by atoms with E-state index >= 15 is 0 Å². The first-order chi connectivity index (χ1) is 10.0. The van der Waals surface area contributed by atoms with E-state index in [2.05, 4.69) is 20.2 Å². The van der Waals surface area contributed by atoms with Crippen molar-refractivity contribution in [2.24, 2.45) is 0 Å². The molecule has 0 atom stereocenters. The van der Waals surface area contributed by atoms with Crippen molar-refractivity contribution in [2.75, 3.05) is 36.0 Å². The van der Waals surface area contributed by atoms with Gasteiger partial charge in [-0.25, -0.2) is 4.98 Å². The molecule has 10 heteroatoms. The molecule has 1 aliphatic heterocycles. The van der Waals surface area contributed by atoms with Gasteiger partial charge in [0.15, 0.2) is 0 Å². The Balaban J connectivity index is 1.65. The van der Waals surface area contributed by atoms with Crippen LogP contribution in [0.25, 0.3) is 0 Å². The summed E-state index contributed by atoms with van der Waals surface area (Å²) in [5, 5.41) is 6.24. The van der Waals surface area contributed by atoms with Gasteiger partial charge in [0.05, 0.1) is 6.20 Å². The number of nitrogens with zero attached hydrogens (tertiary/aromatic N) is 6. The Morgan fingerprint density at radius 1 is 1.00 bits per heavy atom. The Hall–Kier alpha value is -1.97. The molecule has 1 aliphatic rings. The quantitative estimate of drug-likeness (QED) is 0.840. The van der Waals surface area contributed by atoms with Crippen LogP contribution in [0.15, 0.2) is 18.6 Å². The summed E-state index contributed by atoms with van der Waals surface area (Å²) in [5.41, 5.74) is 0. The maximum absolute atomic E-state index is 12.5. The van der Waals surface area contributed by atoms with Crippen LogP contribution >= 0.6 is 11.3 Å². The molecule has 1 fully saturated rings. The summed E-state index contributed by atoms with van der Waals surface area (Å²) >= 11 is 0.576. The zero-order valence-electron chi connectivity index (χ0n) is 10.8. The molecule has 3 rings (SSSR count). The third kappa shape index (κ3) is 3.04. The lowest BCUT2D eigenvalue weighted by molar-refractivity contribution is -0.138. The second-order valence-electron chi connectivity index (χ2n) is 4.43. The maximum Gasteiger partial charge on any atom is 0.445 e. The first-order valence-electron chi connectivity index (χ1n) is 6.20. The molecule has 0 aliphatic carbocycles. The Morgan fingerprint density at radius 3 is 2.29 bits per heavy atom. The van der Waals surface area contributed by atoms with Gasteiger partial charge >= 0.3 is 6.18 Å². The molecule has 0 aromatic carbocycles. The van der Waals surface area contributed by atoms with E-state index in [0.29, 0.717) is 42.6 Å². The zero-order valence-corrected chi connectivity index (χ0v) is 11.6. The van der Waals surface area contributed by atoms with Gasteiger partial charge in [0.1, 0.15) is 5.82 Å². The lowest BCUT2D eigenvalue weighted by atomic mass is 10.3. The molecule has 2 aromatic heterocycles. The average Bonchev–Trinajstić information content (AvgIpc) is 2.98. The van der Waals surface area contributed by atoms with Gasteiger partial charge in [0.2, 0.25) is 10.1 Å². The van der Waals surface area contributed by atoms with Crippen molar-refractivity contribution >= 4 is 22.3 Å². The lowest BCUT2D eigenvalue weighted by Crippen LogP contribution is -2.46. The fourth-order valence-corrected chi connectivity index (χ4v) is 2.80. The molecule has 2 aromatic rings. The molecule has 0 unspecified atom stereocenters. The molecule has 0 saturated carbocycles. The van der Waals surface area contributed by atoms with E-state index in [0.717, 1.165) is 5.82 Å². The molecule has 1 saturated heterocycles. The fourth-order valence-electron chi connectivity index (χ4n) is 2.04. The summed E-state index contributed by atoms with van der Waals surface area (Å²) in [6.07, 6.45) is 0.446. The van der Waals surface area contributed by atoms with Gasteiger partial charge < -0.3 is 9.80 Å². The average molecular weight is 316 g/mol.